The normalized spacial score (nSPS) is 19.3. The molecule has 1 aliphatic heterocycles. The van der Waals surface area contributed by atoms with Gasteiger partial charge in [0.1, 0.15) is 17.7 Å². The minimum Gasteiger partial charge on any atom is -0.490 e. The second kappa shape index (κ2) is 6.99. The minimum atomic E-state index is -0.713. The first-order chi connectivity index (χ1) is 11.6. The SMILES string of the molecule is COC(=O)c1cc(C2C[C@@H](CCF)Oc3ccccc32)ccc1F. The molecule has 0 N–H and O–H groups in total. The van der Waals surface area contributed by atoms with Gasteiger partial charge in [0.05, 0.1) is 19.3 Å². The van der Waals surface area contributed by atoms with Crippen LogP contribution >= 0.6 is 0 Å². The number of para-hydroxylation sites is 1. The van der Waals surface area contributed by atoms with E-state index in [1.165, 1.54) is 19.2 Å². The van der Waals surface area contributed by atoms with Crippen molar-refractivity contribution in [2.75, 3.05) is 13.8 Å². The topological polar surface area (TPSA) is 35.5 Å². The van der Waals surface area contributed by atoms with E-state index in [-0.39, 0.29) is 17.6 Å². The molecule has 0 saturated heterocycles. The molecule has 0 bridgehead atoms. The van der Waals surface area contributed by atoms with Crippen LogP contribution in [0.3, 0.4) is 0 Å². The molecule has 2 aromatic carbocycles. The van der Waals surface area contributed by atoms with Crippen molar-refractivity contribution >= 4 is 5.97 Å². The van der Waals surface area contributed by atoms with Crippen molar-refractivity contribution in [3.8, 4) is 5.75 Å². The lowest BCUT2D eigenvalue weighted by molar-refractivity contribution is 0.0595. The average Bonchev–Trinajstić information content (AvgIpc) is 2.61. The van der Waals surface area contributed by atoms with E-state index < -0.39 is 18.5 Å². The number of benzene rings is 2. The molecule has 3 rings (SSSR count). The Balaban J connectivity index is 2.03. The highest BCUT2D eigenvalue weighted by molar-refractivity contribution is 5.89. The predicted molar refractivity (Wildman–Crippen MR) is 85.6 cm³/mol. The largest absolute Gasteiger partial charge is 0.490 e. The quantitative estimate of drug-likeness (QED) is 0.785. The van der Waals surface area contributed by atoms with Crippen molar-refractivity contribution in [1.82, 2.24) is 0 Å². The van der Waals surface area contributed by atoms with Gasteiger partial charge in [0.2, 0.25) is 0 Å². The molecule has 1 aliphatic rings. The molecular weight excluding hydrogens is 314 g/mol. The van der Waals surface area contributed by atoms with Crippen LogP contribution in [0.15, 0.2) is 42.5 Å². The molecule has 126 valence electrons. The van der Waals surface area contributed by atoms with Gasteiger partial charge in [-0.2, -0.15) is 0 Å². The van der Waals surface area contributed by atoms with Crippen LogP contribution in [-0.4, -0.2) is 25.9 Å². The lowest BCUT2D eigenvalue weighted by atomic mass is 9.83. The van der Waals surface area contributed by atoms with Crippen molar-refractivity contribution in [3.63, 3.8) is 0 Å². The highest BCUT2D eigenvalue weighted by atomic mass is 19.1. The highest BCUT2D eigenvalue weighted by Crippen LogP contribution is 2.41. The number of carbonyl (C=O) groups excluding carboxylic acids is 1. The van der Waals surface area contributed by atoms with Crippen molar-refractivity contribution in [1.29, 1.82) is 0 Å². The monoisotopic (exact) mass is 332 g/mol. The number of fused-ring (bicyclic) bond motifs is 1. The molecule has 1 heterocycles. The Morgan fingerprint density at radius 1 is 1.29 bits per heavy atom. The number of esters is 1. The van der Waals surface area contributed by atoms with Gasteiger partial charge in [0.25, 0.3) is 0 Å². The van der Waals surface area contributed by atoms with Gasteiger partial charge < -0.3 is 9.47 Å². The molecule has 0 spiro atoms. The second-order valence-electron chi connectivity index (χ2n) is 5.77. The predicted octanol–water partition coefficient (Wildman–Crippen LogP) is 4.25. The Bertz CT molecular complexity index is 745. The lowest BCUT2D eigenvalue weighted by Crippen LogP contribution is -2.27. The zero-order valence-electron chi connectivity index (χ0n) is 13.3. The van der Waals surface area contributed by atoms with Crippen molar-refractivity contribution in [2.45, 2.75) is 24.9 Å². The van der Waals surface area contributed by atoms with E-state index in [4.69, 9.17) is 4.74 Å². The first-order valence-electron chi connectivity index (χ1n) is 7.83. The van der Waals surface area contributed by atoms with Crippen LogP contribution in [0.5, 0.6) is 5.75 Å². The van der Waals surface area contributed by atoms with Gasteiger partial charge >= 0.3 is 5.97 Å². The van der Waals surface area contributed by atoms with Gasteiger partial charge in [-0.3, -0.25) is 4.39 Å². The molecule has 0 aromatic heterocycles. The Hall–Kier alpha value is -2.43. The number of halogens is 2. The molecular formula is C19H18F2O3. The third-order valence-electron chi connectivity index (χ3n) is 4.32. The van der Waals surface area contributed by atoms with Crippen LogP contribution in [0, 0.1) is 5.82 Å². The lowest BCUT2D eigenvalue weighted by Gasteiger charge is -2.32. The van der Waals surface area contributed by atoms with E-state index in [9.17, 15) is 13.6 Å². The molecule has 2 atom stereocenters. The third-order valence-corrected chi connectivity index (χ3v) is 4.32. The van der Waals surface area contributed by atoms with Crippen molar-refractivity contribution in [2.24, 2.45) is 0 Å². The van der Waals surface area contributed by atoms with Crippen molar-refractivity contribution < 1.29 is 23.0 Å². The smallest absolute Gasteiger partial charge is 0.340 e. The van der Waals surface area contributed by atoms with Gasteiger partial charge in [-0.25, -0.2) is 9.18 Å². The maximum absolute atomic E-state index is 13.9. The summed E-state index contributed by atoms with van der Waals surface area (Å²) in [4.78, 5) is 11.7. The summed E-state index contributed by atoms with van der Waals surface area (Å²) in [6.07, 6.45) is 0.629. The van der Waals surface area contributed by atoms with Gasteiger partial charge in [-0.1, -0.05) is 24.3 Å². The highest BCUT2D eigenvalue weighted by Gasteiger charge is 2.30. The summed E-state index contributed by atoms with van der Waals surface area (Å²) < 4.78 is 37.1. The standard InChI is InChI=1S/C19H18F2O3/c1-23-19(22)16-10-12(6-7-17(16)21)15-11-13(8-9-20)24-18-5-3-2-4-14(15)18/h2-7,10,13,15H,8-9,11H2,1H3/t13-,15?/m1/s1. The summed E-state index contributed by atoms with van der Waals surface area (Å²) in [6.45, 7) is -0.462. The molecule has 3 nitrogen and oxygen atoms in total. The maximum atomic E-state index is 13.9. The fourth-order valence-corrected chi connectivity index (χ4v) is 3.13. The molecule has 0 aliphatic carbocycles. The summed E-state index contributed by atoms with van der Waals surface area (Å²) >= 11 is 0. The number of alkyl halides is 1. The number of ether oxygens (including phenoxy) is 2. The Morgan fingerprint density at radius 3 is 2.83 bits per heavy atom. The minimum absolute atomic E-state index is 0.0875. The summed E-state index contributed by atoms with van der Waals surface area (Å²) in [6, 6.07) is 12.0. The number of methoxy groups -OCH3 is 1. The first-order valence-corrected chi connectivity index (χ1v) is 7.83. The Labute approximate surface area is 139 Å². The summed E-state index contributed by atoms with van der Waals surface area (Å²) in [5.74, 6) is -0.715. The van der Waals surface area contributed by atoms with Crippen LogP contribution in [0.4, 0.5) is 8.78 Å². The molecule has 0 fully saturated rings. The number of carbonyl (C=O) groups is 1. The first kappa shape index (κ1) is 16.4. The van der Waals surface area contributed by atoms with Crippen molar-refractivity contribution in [3.05, 3.63) is 65.0 Å². The fourth-order valence-electron chi connectivity index (χ4n) is 3.13. The van der Waals surface area contributed by atoms with Gasteiger partial charge in [-0.15, -0.1) is 0 Å². The average molecular weight is 332 g/mol. The third kappa shape index (κ3) is 3.11. The van der Waals surface area contributed by atoms with E-state index in [1.807, 2.05) is 24.3 Å². The number of rotatable bonds is 4. The van der Waals surface area contributed by atoms with E-state index in [2.05, 4.69) is 4.74 Å². The zero-order valence-corrected chi connectivity index (χ0v) is 13.3. The number of hydrogen-bond acceptors (Lipinski definition) is 3. The second-order valence-corrected chi connectivity index (χ2v) is 5.77. The molecule has 0 radical (unpaired) electrons. The van der Waals surface area contributed by atoms with Crippen LogP contribution in [0.25, 0.3) is 0 Å². The van der Waals surface area contributed by atoms with Crippen LogP contribution in [0.1, 0.15) is 40.2 Å². The van der Waals surface area contributed by atoms with E-state index in [1.54, 1.807) is 6.07 Å². The summed E-state index contributed by atoms with van der Waals surface area (Å²) in [5, 5.41) is 0. The maximum Gasteiger partial charge on any atom is 0.340 e. The van der Waals surface area contributed by atoms with Gasteiger partial charge in [0, 0.05) is 17.9 Å². The molecule has 0 amide bonds. The Kier molecular flexibility index (Phi) is 4.79. The summed E-state index contributed by atoms with van der Waals surface area (Å²) in [7, 11) is 1.22. The van der Waals surface area contributed by atoms with Gasteiger partial charge in [-0.05, 0) is 30.2 Å². The van der Waals surface area contributed by atoms with Crippen LogP contribution in [0.2, 0.25) is 0 Å². The number of hydrogen-bond donors (Lipinski definition) is 0. The van der Waals surface area contributed by atoms with E-state index in [0.29, 0.717) is 18.6 Å². The molecule has 2 aromatic rings. The molecule has 24 heavy (non-hydrogen) atoms. The van der Waals surface area contributed by atoms with E-state index in [0.717, 1.165) is 11.1 Å². The molecule has 1 unspecified atom stereocenters. The summed E-state index contributed by atoms with van der Waals surface area (Å²) in [5.41, 5.74) is 1.65. The Morgan fingerprint density at radius 2 is 2.08 bits per heavy atom. The fraction of sp³-hybridized carbons (Fsp3) is 0.316. The van der Waals surface area contributed by atoms with Crippen LogP contribution in [-0.2, 0) is 4.74 Å². The zero-order chi connectivity index (χ0) is 17.1. The molecule has 0 saturated carbocycles. The van der Waals surface area contributed by atoms with E-state index >= 15 is 0 Å². The molecule has 5 heteroatoms. The van der Waals surface area contributed by atoms with Gasteiger partial charge in [0.15, 0.2) is 0 Å². The van der Waals surface area contributed by atoms with Crippen LogP contribution < -0.4 is 4.74 Å².